The molecule has 0 aliphatic rings. The zero-order valence-electron chi connectivity index (χ0n) is 9.18. The third-order valence-corrected chi connectivity index (χ3v) is 2.05. The lowest BCUT2D eigenvalue weighted by Gasteiger charge is -2.11. The molecule has 0 spiro atoms. The van der Waals surface area contributed by atoms with E-state index >= 15 is 0 Å². The zero-order chi connectivity index (χ0) is 10.8. The minimum absolute atomic E-state index is 0.108. The summed E-state index contributed by atoms with van der Waals surface area (Å²) in [5.41, 5.74) is 0. The molecular formula is C10H22N2O2. The average Bonchev–Trinajstić information content (AvgIpc) is 2.16. The predicted octanol–water partition coefficient (Wildman–Crippen LogP) is 1.10. The van der Waals surface area contributed by atoms with Gasteiger partial charge in [-0.3, -0.25) is 0 Å². The molecule has 4 nitrogen and oxygen atoms in total. The minimum atomic E-state index is -0.108. The first-order valence-electron chi connectivity index (χ1n) is 5.33. The molecule has 0 aliphatic carbocycles. The Hall–Kier alpha value is -0.770. The van der Waals surface area contributed by atoms with Gasteiger partial charge < -0.3 is 15.7 Å². The molecule has 0 aromatic heterocycles. The number of urea groups is 1. The number of hydrogen-bond acceptors (Lipinski definition) is 2. The molecule has 0 aliphatic heterocycles. The van der Waals surface area contributed by atoms with Crippen molar-refractivity contribution in [2.24, 2.45) is 5.92 Å². The number of hydrogen-bond donors (Lipinski definition) is 3. The van der Waals surface area contributed by atoms with Crippen molar-refractivity contribution >= 4 is 6.03 Å². The molecular weight excluding hydrogens is 180 g/mol. The summed E-state index contributed by atoms with van der Waals surface area (Å²) in [5, 5.41) is 14.2. The highest BCUT2D eigenvalue weighted by molar-refractivity contribution is 5.73. The molecule has 0 radical (unpaired) electrons. The third kappa shape index (κ3) is 7.86. The molecule has 2 amide bonds. The lowest BCUT2D eigenvalue weighted by molar-refractivity contribution is 0.234. The monoisotopic (exact) mass is 202 g/mol. The Morgan fingerprint density at radius 1 is 1.43 bits per heavy atom. The van der Waals surface area contributed by atoms with Gasteiger partial charge in [-0.05, 0) is 18.8 Å². The molecule has 1 atom stereocenters. The van der Waals surface area contributed by atoms with Crippen LogP contribution in [0.2, 0.25) is 0 Å². The number of amides is 2. The van der Waals surface area contributed by atoms with Gasteiger partial charge in [0, 0.05) is 19.7 Å². The van der Waals surface area contributed by atoms with Gasteiger partial charge in [-0.15, -0.1) is 0 Å². The number of carbonyl (C=O) groups is 1. The lowest BCUT2D eigenvalue weighted by Crippen LogP contribution is -2.38. The summed E-state index contributed by atoms with van der Waals surface area (Å²) in [5.74, 6) is 0.330. The Bertz CT molecular complexity index is 151. The van der Waals surface area contributed by atoms with E-state index < -0.39 is 0 Å². The Morgan fingerprint density at radius 2 is 2.14 bits per heavy atom. The molecule has 0 saturated heterocycles. The number of aliphatic hydroxyl groups is 1. The number of aliphatic hydroxyl groups excluding tert-OH is 1. The quantitative estimate of drug-likeness (QED) is 0.541. The van der Waals surface area contributed by atoms with Crippen LogP contribution in [0.3, 0.4) is 0 Å². The van der Waals surface area contributed by atoms with Crippen LogP contribution in [-0.2, 0) is 0 Å². The van der Waals surface area contributed by atoms with Gasteiger partial charge >= 0.3 is 6.03 Å². The van der Waals surface area contributed by atoms with Crippen molar-refractivity contribution in [2.75, 3.05) is 19.7 Å². The van der Waals surface area contributed by atoms with Gasteiger partial charge in [0.25, 0.3) is 0 Å². The lowest BCUT2D eigenvalue weighted by atomic mass is 10.1. The molecule has 0 heterocycles. The molecule has 3 N–H and O–H groups in total. The van der Waals surface area contributed by atoms with Crippen molar-refractivity contribution in [2.45, 2.75) is 33.1 Å². The van der Waals surface area contributed by atoms with Gasteiger partial charge in [-0.2, -0.15) is 0 Å². The van der Waals surface area contributed by atoms with E-state index in [1.54, 1.807) is 0 Å². The molecule has 0 fully saturated rings. The number of carbonyl (C=O) groups excluding carboxylic acids is 1. The highest BCUT2D eigenvalue weighted by Gasteiger charge is 2.03. The smallest absolute Gasteiger partial charge is 0.314 e. The molecule has 0 saturated carbocycles. The molecule has 1 unspecified atom stereocenters. The molecule has 0 aromatic rings. The maximum Gasteiger partial charge on any atom is 0.314 e. The van der Waals surface area contributed by atoms with E-state index in [2.05, 4.69) is 17.6 Å². The summed E-state index contributed by atoms with van der Waals surface area (Å²) < 4.78 is 0. The normalized spacial score (nSPS) is 12.2. The Balaban J connectivity index is 3.34. The summed E-state index contributed by atoms with van der Waals surface area (Å²) in [6.07, 6.45) is 2.83. The summed E-state index contributed by atoms with van der Waals surface area (Å²) in [7, 11) is 0. The van der Waals surface area contributed by atoms with Crippen molar-refractivity contribution in [1.29, 1.82) is 0 Å². The van der Waals surface area contributed by atoms with Crippen molar-refractivity contribution in [1.82, 2.24) is 10.6 Å². The van der Waals surface area contributed by atoms with E-state index in [-0.39, 0.29) is 12.6 Å². The Kier molecular flexibility index (Phi) is 8.33. The first-order valence-corrected chi connectivity index (χ1v) is 5.33. The highest BCUT2D eigenvalue weighted by atomic mass is 16.3. The SMILES string of the molecule is CCCCNC(=O)NCC(C)CCO. The fraction of sp³-hybridized carbons (Fsp3) is 0.900. The molecule has 0 bridgehead atoms. The minimum Gasteiger partial charge on any atom is -0.396 e. The number of nitrogens with one attached hydrogen (secondary N) is 2. The summed E-state index contributed by atoms with van der Waals surface area (Å²) in [6.45, 7) is 5.63. The van der Waals surface area contributed by atoms with Crippen LogP contribution in [0, 0.1) is 5.92 Å². The van der Waals surface area contributed by atoms with Crippen LogP contribution in [0.5, 0.6) is 0 Å². The average molecular weight is 202 g/mol. The molecule has 0 rings (SSSR count). The van der Waals surface area contributed by atoms with E-state index in [4.69, 9.17) is 5.11 Å². The Labute approximate surface area is 86.1 Å². The molecule has 14 heavy (non-hydrogen) atoms. The van der Waals surface area contributed by atoms with Crippen LogP contribution in [0.15, 0.2) is 0 Å². The molecule has 84 valence electrons. The van der Waals surface area contributed by atoms with E-state index in [0.717, 1.165) is 25.8 Å². The summed E-state index contributed by atoms with van der Waals surface area (Å²) >= 11 is 0. The van der Waals surface area contributed by atoms with Gasteiger partial charge in [0.05, 0.1) is 0 Å². The van der Waals surface area contributed by atoms with E-state index in [9.17, 15) is 4.79 Å². The van der Waals surface area contributed by atoms with Crippen LogP contribution in [0.4, 0.5) is 4.79 Å². The van der Waals surface area contributed by atoms with Gasteiger partial charge in [-0.25, -0.2) is 4.79 Å². The van der Waals surface area contributed by atoms with Gasteiger partial charge in [0.2, 0.25) is 0 Å². The largest absolute Gasteiger partial charge is 0.396 e. The van der Waals surface area contributed by atoms with Crippen LogP contribution in [-0.4, -0.2) is 30.8 Å². The van der Waals surface area contributed by atoms with Crippen molar-refractivity contribution in [3.8, 4) is 0 Å². The Morgan fingerprint density at radius 3 is 2.71 bits per heavy atom. The van der Waals surface area contributed by atoms with Crippen LogP contribution in [0.1, 0.15) is 33.1 Å². The van der Waals surface area contributed by atoms with Crippen LogP contribution >= 0.6 is 0 Å². The maximum absolute atomic E-state index is 11.1. The van der Waals surface area contributed by atoms with Gasteiger partial charge in [0.1, 0.15) is 0 Å². The van der Waals surface area contributed by atoms with E-state index in [1.165, 1.54) is 0 Å². The van der Waals surface area contributed by atoms with E-state index in [0.29, 0.717) is 12.5 Å². The fourth-order valence-corrected chi connectivity index (χ4v) is 1.03. The van der Waals surface area contributed by atoms with Gasteiger partial charge in [0.15, 0.2) is 0 Å². The topological polar surface area (TPSA) is 61.4 Å². The van der Waals surface area contributed by atoms with Crippen molar-refractivity contribution in [3.63, 3.8) is 0 Å². The molecule has 4 heteroatoms. The second-order valence-electron chi connectivity index (χ2n) is 3.61. The highest BCUT2D eigenvalue weighted by Crippen LogP contribution is 1.97. The third-order valence-electron chi connectivity index (χ3n) is 2.05. The predicted molar refractivity (Wildman–Crippen MR) is 57.2 cm³/mol. The van der Waals surface area contributed by atoms with Gasteiger partial charge in [-0.1, -0.05) is 20.3 Å². The van der Waals surface area contributed by atoms with E-state index in [1.807, 2.05) is 6.92 Å². The van der Waals surface area contributed by atoms with Crippen LogP contribution < -0.4 is 10.6 Å². The number of rotatable bonds is 7. The summed E-state index contributed by atoms with van der Waals surface area (Å²) in [6, 6.07) is -0.108. The number of unbranched alkanes of at least 4 members (excludes halogenated alkanes) is 1. The fourth-order valence-electron chi connectivity index (χ4n) is 1.03. The first-order chi connectivity index (χ1) is 6.70. The van der Waals surface area contributed by atoms with Crippen molar-refractivity contribution in [3.05, 3.63) is 0 Å². The standard InChI is InChI=1S/C10H22N2O2/c1-3-4-6-11-10(14)12-8-9(2)5-7-13/h9,13H,3-8H2,1-2H3,(H2,11,12,14). The van der Waals surface area contributed by atoms with Crippen molar-refractivity contribution < 1.29 is 9.90 Å². The second-order valence-corrected chi connectivity index (χ2v) is 3.61. The first kappa shape index (κ1) is 13.2. The maximum atomic E-state index is 11.1. The summed E-state index contributed by atoms with van der Waals surface area (Å²) in [4.78, 5) is 11.1. The zero-order valence-corrected chi connectivity index (χ0v) is 9.18. The molecule has 0 aromatic carbocycles. The van der Waals surface area contributed by atoms with Crippen LogP contribution in [0.25, 0.3) is 0 Å². The second kappa shape index (κ2) is 8.81.